The van der Waals surface area contributed by atoms with Crippen LogP contribution in [0.1, 0.15) is 12.5 Å². The van der Waals surface area contributed by atoms with E-state index in [2.05, 4.69) is 46.4 Å². The van der Waals surface area contributed by atoms with E-state index >= 15 is 0 Å². The minimum absolute atomic E-state index is 1.23. The lowest BCUT2D eigenvalue weighted by atomic mass is 10.3. The van der Waals surface area contributed by atoms with Crippen molar-refractivity contribution in [1.82, 2.24) is 4.72 Å². The molecule has 1 aromatic rings. The lowest BCUT2D eigenvalue weighted by Gasteiger charge is -2.09. The maximum Gasteiger partial charge on any atom is 0.0892 e. The largest absolute Gasteiger partial charge is 0.329 e. The number of hydrogen-bond donors (Lipinski definition) is 1. The first-order valence-electron chi connectivity index (χ1n) is 3.16. The molecule has 58 valence electrons. The Balaban J connectivity index is 2.50. The Morgan fingerprint density at radius 3 is 3.18 bits per heavy atom. The van der Waals surface area contributed by atoms with Crippen LogP contribution in [-0.2, 0) is 0 Å². The summed E-state index contributed by atoms with van der Waals surface area (Å²) in [5.74, 6) is 0. The molecule has 0 bridgehead atoms. The highest BCUT2D eigenvalue weighted by atomic mass is 127. The summed E-state index contributed by atoms with van der Waals surface area (Å²) < 4.78 is 5.97. The van der Waals surface area contributed by atoms with Crippen LogP contribution in [0.3, 0.4) is 0 Å². The Morgan fingerprint density at radius 1 is 1.55 bits per heavy atom. The van der Waals surface area contributed by atoms with E-state index in [9.17, 15) is 0 Å². The number of rotatable bonds is 0. The van der Waals surface area contributed by atoms with Crippen molar-refractivity contribution >= 4 is 52.0 Å². The zero-order valence-electron chi connectivity index (χ0n) is 5.85. The first-order chi connectivity index (χ1) is 5.25. The fourth-order valence-electron chi connectivity index (χ4n) is 0.928. The molecule has 0 atom stereocenters. The van der Waals surface area contributed by atoms with Crippen molar-refractivity contribution < 1.29 is 0 Å². The monoisotopic (exact) mass is 295 g/mol. The first-order valence-corrected chi connectivity index (χ1v) is 5.87. The fourth-order valence-corrected chi connectivity index (χ4v) is 4.08. The highest BCUT2D eigenvalue weighted by Gasteiger charge is 2.10. The van der Waals surface area contributed by atoms with Crippen LogP contribution in [0, 0.1) is 2.88 Å². The van der Waals surface area contributed by atoms with Gasteiger partial charge in [-0.15, -0.1) is 11.3 Å². The molecule has 1 aliphatic rings. The SMILES string of the molecule is CC1=Cc2cc(I)sc2SN1. The van der Waals surface area contributed by atoms with E-state index in [0.29, 0.717) is 0 Å². The predicted octanol–water partition coefficient (Wildman–Crippen LogP) is 3.32. The van der Waals surface area contributed by atoms with E-state index < -0.39 is 0 Å². The zero-order valence-corrected chi connectivity index (χ0v) is 9.64. The topological polar surface area (TPSA) is 12.0 Å². The highest BCUT2D eigenvalue weighted by molar-refractivity contribution is 14.1. The average Bonchev–Trinajstić information content (AvgIpc) is 2.27. The smallest absolute Gasteiger partial charge is 0.0892 e. The van der Waals surface area contributed by atoms with Gasteiger partial charge < -0.3 is 4.72 Å². The zero-order chi connectivity index (χ0) is 7.84. The van der Waals surface area contributed by atoms with Crippen LogP contribution in [0.4, 0.5) is 0 Å². The van der Waals surface area contributed by atoms with Crippen molar-refractivity contribution in [2.45, 2.75) is 11.1 Å². The van der Waals surface area contributed by atoms with E-state index in [-0.39, 0.29) is 0 Å². The molecule has 0 aliphatic carbocycles. The van der Waals surface area contributed by atoms with Crippen molar-refractivity contribution in [2.75, 3.05) is 0 Å². The van der Waals surface area contributed by atoms with Gasteiger partial charge in [-0.1, -0.05) is 0 Å². The Hall–Kier alpha value is 0.320. The number of hydrogen-bond acceptors (Lipinski definition) is 3. The van der Waals surface area contributed by atoms with Gasteiger partial charge in [-0.2, -0.15) is 0 Å². The summed E-state index contributed by atoms with van der Waals surface area (Å²) in [7, 11) is 0. The molecule has 1 nitrogen and oxygen atoms in total. The highest BCUT2D eigenvalue weighted by Crippen LogP contribution is 2.35. The fraction of sp³-hybridized carbons (Fsp3) is 0.143. The molecule has 2 heterocycles. The van der Waals surface area contributed by atoms with Crippen LogP contribution in [-0.4, -0.2) is 0 Å². The molecule has 11 heavy (non-hydrogen) atoms. The summed E-state index contributed by atoms with van der Waals surface area (Å²) in [4.78, 5) is 0. The molecular formula is C7H6INS2. The van der Waals surface area contributed by atoms with E-state index in [1.807, 2.05) is 11.3 Å². The third-order valence-electron chi connectivity index (χ3n) is 1.37. The van der Waals surface area contributed by atoms with Gasteiger partial charge in [0.25, 0.3) is 0 Å². The maximum atomic E-state index is 3.24. The summed E-state index contributed by atoms with van der Waals surface area (Å²) in [6.07, 6.45) is 2.19. The van der Waals surface area contributed by atoms with Gasteiger partial charge in [0.1, 0.15) is 0 Å². The molecule has 0 amide bonds. The Morgan fingerprint density at radius 2 is 2.36 bits per heavy atom. The second kappa shape index (κ2) is 2.99. The van der Waals surface area contributed by atoms with Crippen molar-refractivity contribution in [3.8, 4) is 0 Å². The molecule has 0 saturated heterocycles. The molecular weight excluding hydrogens is 289 g/mol. The summed E-state index contributed by atoms with van der Waals surface area (Å²) in [5, 5.41) is 0. The third kappa shape index (κ3) is 1.57. The molecule has 0 radical (unpaired) electrons. The number of halogens is 1. The molecule has 4 heteroatoms. The molecule has 1 aromatic heterocycles. The van der Waals surface area contributed by atoms with Gasteiger partial charge in [-0.3, -0.25) is 0 Å². The number of thiophene rings is 1. The van der Waals surface area contributed by atoms with E-state index in [1.165, 1.54) is 18.4 Å². The summed E-state index contributed by atoms with van der Waals surface area (Å²) in [6, 6.07) is 2.22. The summed E-state index contributed by atoms with van der Waals surface area (Å²) >= 11 is 5.90. The summed E-state index contributed by atoms with van der Waals surface area (Å²) in [5.41, 5.74) is 2.59. The molecule has 0 unspecified atom stereocenters. The molecule has 0 fully saturated rings. The molecule has 2 rings (SSSR count). The number of allylic oxidation sites excluding steroid dienone is 1. The molecule has 0 spiro atoms. The van der Waals surface area contributed by atoms with E-state index in [1.54, 1.807) is 11.9 Å². The first kappa shape index (κ1) is 7.94. The van der Waals surface area contributed by atoms with Crippen LogP contribution < -0.4 is 4.72 Å². The second-order valence-corrected chi connectivity index (χ2v) is 6.35. The quantitative estimate of drug-likeness (QED) is 0.582. The average molecular weight is 295 g/mol. The van der Waals surface area contributed by atoms with E-state index in [0.717, 1.165) is 0 Å². The van der Waals surface area contributed by atoms with Crippen molar-refractivity contribution in [3.05, 3.63) is 20.2 Å². The molecule has 1 N–H and O–H groups in total. The van der Waals surface area contributed by atoms with Crippen LogP contribution in [0.15, 0.2) is 16.0 Å². The normalized spacial score (nSPS) is 15.3. The van der Waals surface area contributed by atoms with Gasteiger partial charge >= 0.3 is 0 Å². The lowest BCUT2D eigenvalue weighted by molar-refractivity contribution is 1.20. The van der Waals surface area contributed by atoms with E-state index in [4.69, 9.17) is 0 Å². The Labute approximate surface area is 87.5 Å². The minimum atomic E-state index is 1.23. The van der Waals surface area contributed by atoms with Gasteiger partial charge in [0.2, 0.25) is 0 Å². The lowest BCUT2D eigenvalue weighted by Crippen LogP contribution is -2.02. The second-order valence-electron chi connectivity index (χ2n) is 2.32. The maximum absolute atomic E-state index is 3.24. The van der Waals surface area contributed by atoms with Crippen molar-refractivity contribution in [1.29, 1.82) is 0 Å². The van der Waals surface area contributed by atoms with Crippen LogP contribution >= 0.6 is 45.9 Å². The van der Waals surface area contributed by atoms with Gasteiger partial charge in [0.15, 0.2) is 0 Å². The number of nitrogens with one attached hydrogen (secondary N) is 1. The molecule has 0 aromatic carbocycles. The minimum Gasteiger partial charge on any atom is -0.329 e. The molecule has 0 saturated carbocycles. The van der Waals surface area contributed by atoms with Crippen LogP contribution in [0.25, 0.3) is 6.08 Å². The van der Waals surface area contributed by atoms with Gasteiger partial charge in [-0.25, -0.2) is 0 Å². The summed E-state index contributed by atoms with van der Waals surface area (Å²) in [6.45, 7) is 2.08. The van der Waals surface area contributed by atoms with Crippen molar-refractivity contribution in [2.24, 2.45) is 0 Å². The van der Waals surface area contributed by atoms with Crippen LogP contribution in [0.5, 0.6) is 0 Å². The Kier molecular flexibility index (Phi) is 2.16. The Bertz CT molecular complexity index is 316. The predicted molar refractivity (Wildman–Crippen MR) is 59.7 cm³/mol. The third-order valence-corrected chi connectivity index (χ3v) is 4.42. The van der Waals surface area contributed by atoms with Crippen molar-refractivity contribution in [3.63, 3.8) is 0 Å². The standard InChI is InChI=1S/C7H6INS2/c1-4-2-5-3-6(8)10-7(5)11-9-4/h2-3,9H,1H3. The van der Waals surface area contributed by atoms with Gasteiger partial charge in [0.05, 0.1) is 7.09 Å². The van der Waals surface area contributed by atoms with Gasteiger partial charge in [-0.05, 0) is 53.6 Å². The number of fused-ring (bicyclic) bond motifs is 1. The van der Waals surface area contributed by atoms with Crippen LogP contribution in [0.2, 0.25) is 0 Å². The van der Waals surface area contributed by atoms with Gasteiger partial charge in [0, 0.05) is 11.3 Å². The molecule has 1 aliphatic heterocycles.